The highest BCUT2D eigenvalue weighted by Crippen LogP contribution is 2.21. The zero-order valence-corrected chi connectivity index (χ0v) is 13.7. The zero-order valence-electron chi connectivity index (χ0n) is 12.9. The fraction of sp³-hybridized carbons (Fsp3) is 0.0556. The summed E-state index contributed by atoms with van der Waals surface area (Å²) < 4.78 is 18.8. The van der Waals surface area contributed by atoms with Gasteiger partial charge < -0.3 is 10.1 Å². The van der Waals surface area contributed by atoms with Gasteiger partial charge in [-0.2, -0.15) is 0 Å². The fourth-order valence-electron chi connectivity index (χ4n) is 2.08. The van der Waals surface area contributed by atoms with Crippen LogP contribution in [0.5, 0.6) is 11.8 Å². The van der Waals surface area contributed by atoms with Crippen molar-refractivity contribution in [2.45, 2.75) is 6.42 Å². The van der Waals surface area contributed by atoms with Crippen LogP contribution in [-0.4, -0.2) is 15.9 Å². The van der Waals surface area contributed by atoms with Gasteiger partial charge in [0.15, 0.2) is 11.6 Å². The van der Waals surface area contributed by atoms with E-state index < -0.39 is 5.82 Å². The minimum absolute atomic E-state index is 0.0193. The first kappa shape index (κ1) is 16.9. The second-order valence-electron chi connectivity index (χ2n) is 5.10. The molecule has 126 valence electrons. The van der Waals surface area contributed by atoms with Crippen molar-refractivity contribution < 1.29 is 13.9 Å². The number of para-hydroxylation sites is 1. The first-order valence-electron chi connectivity index (χ1n) is 7.39. The van der Waals surface area contributed by atoms with Crippen LogP contribution in [0, 0.1) is 5.82 Å². The van der Waals surface area contributed by atoms with Gasteiger partial charge in [0, 0.05) is 5.02 Å². The standard InChI is InChI=1S/C18H13ClFN3O2/c19-14-6-2-1-5-12(14)9-17(24)23-13-10-21-18(22-11-13)25-16-8-4-3-7-15(16)20/h1-8,10-11H,9H2,(H,23,24). The Morgan fingerprint density at radius 2 is 1.76 bits per heavy atom. The predicted octanol–water partition coefficient (Wildman–Crippen LogP) is 4.24. The molecule has 0 aliphatic carbocycles. The van der Waals surface area contributed by atoms with E-state index in [1.807, 2.05) is 6.07 Å². The highest BCUT2D eigenvalue weighted by atomic mass is 35.5. The number of amides is 1. The average molecular weight is 358 g/mol. The van der Waals surface area contributed by atoms with Crippen LogP contribution in [0.3, 0.4) is 0 Å². The Labute approximate surface area is 148 Å². The van der Waals surface area contributed by atoms with Crippen molar-refractivity contribution >= 4 is 23.2 Å². The molecule has 0 saturated carbocycles. The van der Waals surface area contributed by atoms with Crippen LogP contribution < -0.4 is 10.1 Å². The lowest BCUT2D eigenvalue weighted by atomic mass is 10.1. The molecule has 0 bridgehead atoms. The average Bonchev–Trinajstić information content (AvgIpc) is 2.61. The molecule has 0 spiro atoms. The van der Waals surface area contributed by atoms with Crippen molar-refractivity contribution in [2.24, 2.45) is 0 Å². The molecule has 1 aromatic heterocycles. The molecule has 0 radical (unpaired) electrons. The minimum atomic E-state index is -0.511. The monoisotopic (exact) mass is 357 g/mol. The van der Waals surface area contributed by atoms with Gasteiger partial charge in [0.1, 0.15) is 0 Å². The predicted molar refractivity (Wildman–Crippen MR) is 92.3 cm³/mol. The van der Waals surface area contributed by atoms with E-state index >= 15 is 0 Å². The Bertz CT molecular complexity index is 887. The van der Waals surface area contributed by atoms with Gasteiger partial charge in [-0.15, -0.1) is 0 Å². The first-order valence-corrected chi connectivity index (χ1v) is 7.77. The largest absolute Gasteiger partial charge is 0.421 e. The molecule has 3 aromatic rings. The maximum atomic E-state index is 13.5. The van der Waals surface area contributed by atoms with Crippen molar-refractivity contribution in [3.05, 3.63) is 77.3 Å². The van der Waals surface area contributed by atoms with E-state index in [9.17, 15) is 9.18 Å². The van der Waals surface area contributed by atoms with Crippen LogP contribution in [0.4, 0.5) is 10.1 Å². The molecule has 0 aliphatic heterocycles. The molecule has 7 heteroatoms. The molecule has 0 saturated heterocycles. The molecule has 1 heterocycles. The summed E-state index contributed by atoms with van der Waals surface area (Å²) in [5.41, 5.74) is 1.13. The molecule has 0 atom stereocenters. The molecule has 5 nitrogen and oxygen atoms in total. The van der Waals surface area contributed by atoms with Gasteiger partial charge in [-0.05, 0) is 23.8 Å². The van der Waals surface area contributed by atoms with Gasteiger partial charge in [0.2, 0.25) is 5.91 Å². The number of rotatable bonds is 5. The first-order chi connectivity index (χ1) is 12.1. The summed E-state index contributed by atoms with van der Waals surface area (Å²) in [6, 6.07) is 13.0. The number of benzene rings is 2. The summed E-state index contributed by atoms with van der Waals surface area (Å²) in [6.45, 7) is 0. The third kappa shape index (κ3) is 4.51. The maximum absolute atomic E-state index is 13.5. The molecule has 25 heavy (non-hydrogen) atoms. The number of nitrogens with zero attached hydrogens (tertiary/aromatic N) is 2. The van der Waals surface area contributed by atoms with Crippen LogP contribution >= 0.6 is 11.6 Å². The number of aromatic nitrogens is 2. The lowest BCUT2D eigenvalue weighted by Gasteiger charge is -2.07. The highest BCUT2D eigenvalue weighted by Gasteiger charge is 2.09. The maximum Gasteiger partial charge on any atom is 0.322 e. The number of hydrogen-bond donors (Lipinski definition) is 1. The summed E-state index contributed by atoms with van der Waals surface area (Å²) in [7, 11) is 0. The quantitative estimate of drug-likeness (QED) is 0.741. The van der Waals surface area contributed by atoms with Gasteiger partial charge in [-0.3, -0.25) is 4.79 Å². The third-order valence-electron chi connectivity index (χ3n) is 3.26. The van der Waals surface area contributed by atoms with Crippen molar-refractivity contribution in [1.29, 1.82) is 0 Å². The van der Waals surface area contributed by atoms with Crippen LogP contribution in [-0.2, 0) is 11.2 Å². The van der Waals surface area contributed by atoms with Crippen LogP contribution in [0.1, 0.15) is 5.56 Å². The molecule has 0 fully saturated rings. The van der Waals surface area contributed by atoms with Gasteiger partial charge >= 0.3 is 6.01 Å². The number of carbonyl (C=O) groups excluding carboxylic acids is 1. The second-order valence-corrected chi connectivity index (χ2v) is 5.51. The zero-order chi connectivity index (χ0) is 17.6. The molecular formula is C18H13ClFN3O2. The Morgan fingerprint density at radius 1 is 1.08 bits per heavy atom. The third-order valence-corrected chi connectivity index (χ3v) is 3.63. The molecular weight excluding hydrogens is 345 g/mol. The summed E-state index contributed by atoms with van der Waals surface area (Å²) >= 11 is 6.03. The van der Waals surface area contributed by atoms with E-state index in [-0.39, 0.29) is 24.1 Å². The lowest BCUT2D eigenvalue weighted by Crippen LogP contribution is -2.15. The number of carbonyl (C=O) groups is 1. The summed E-state index contributed by atoms with van der Waals surface area (Å²) in [4.78, 5) is 20.0. The molecule has 3 rings (SSSR count). The number of halogens is 2. The van der Waals surface area contributed by atoms with Crippen molar-refractivity contribution in [1.82, 2.24) is 9.97 Å². The van der Waals surface area contributed by atoms with Gasteiger partial charge in [-0.25, -0.2) is 14.4 Å². The summed E-state index contributed by atoms with van der Waals surface area (Å²) in [5, 5.41) is 3.20. The van der Waals surface area contributed by atoms with Gasteiger partial charge in [-0.1, -0.05) is 41.9 Å². The Morgan fingerprint density at radius 3 is 2.48 bits per heavy atom. The molecule has 0 aliphatic rings. The molecule has 2 aromatic carbocycles. The molecule has 1 amide bonds. The summed E-state index contributed by atoms with van der Waals surface area (Å²) in [5.74, 6) is -0.735. The Balaban J connectivity index is 1.62. The molecule has 1 N–H and O–H groups in total. The van der Waals surface area contributed by atoms with E-state index in [0.29, 0.717) is 10.7 Å². The van der Waals surface area contributed by atoms with E-state index in [0.717, 1.165) is 5.56 Å². The fourth-order valence-corrected chi connectivity index (χ4v) is 2.28. The van der Waals surface area contributed by atoms with Crippen LogP contribution in [0.15, 0.2) is 60.9 Å². The Kier molecular flexibility index (Phi) is 5.20. The van der Waals surface area contributed by atoms with Crippen molar-refractivity contribution in [2.75, 3.05) is 5.32 Å². The van der Waals surface area contributed by atoms with E-state index in [1.165, 1.54) is 24.5 Å². The topological polar surface area (TPSA) is 64.1 Å². The van der Waals surface area contributed by atoms with Gasteiger partial charge in [0.25, 0.3) is 0 Å². The van der Waals surface area contributed by atoms with Gasteiger partial charge in [0.05, 0.1) is 24.5 Å². The van der Waals surface area contributed by atoms with Crippen molar-refractivity contribution in [3.63, 3.8) is 0 Å². The summed E-state index contributed by atoms with van der Waals surface area (Å²) in [6.07, 6.45) is 2.90. The van der Waals surface area contributed by atoms with Crippen molar-refractivity contribution in [3.8, 4) is 11.8 Å². The smallest absolute Gasteiger partial charge is 0.322 e. The minimum Gasteiger partial charge on any atom is -0.421 e. The van der Waals surface area contributed by atoms with E-state index in [1.54, 1.807) is 30.3 Å². The number of hydrogen-bond acceptors (Lipinski definition) is 4. The number of nitrogens with one attached hydrogen (secondary N) is 1. The van der Waals surface area contributed by atoms with Crippen LogP contribution in [0.25, 0.3) is 0 Å². The Hall–Kier alpha value is -2.99. The number of ether oxygens (including phenoxy) is 1. The van der Waals surface area contributed by atoms with Crippen LogP contribution in [0.2, 0.25) is 5.02 Å². The SMILES string of the molecule is O=C(Cc1ccccc1Cl)Nc1cnc(Oc2ccccc2F)nc1. The normalized spacial score (nSPS) is 10.3. The molecule has 0 unspecified atom stereocenters. The van der Waals surface area contributed by atoms with E-state index in [2.05, 4.69) is 15.3 Å². The highest BCUT2D eigenvalue weighted by molar-refractivity contribution is 6.31. The lowest BCUT2D eigenvalue weighted by molar-refractivity contribution is -0.115. The van der Waals surface area contributed by atoms with E-state index in [4.69, 9.17) is 16.3 Å². The second kappa shape index (κ2) is 7.72. The number of anilines is 1.